The maximum absolute atomic E-state index is 10.4. The van der Waals surface area contributed by atoms with Crippen LogP contribution >= 0.6 is 17.2 Å². The molecule has 4 N–H and O–H groups in total. The largest absolute Gasteiger partial charge is 0.427 e. The van der Waals surface area contributed by atoms with Crippen LogP contribution in [0.15, 0.2) is 24.3 Å². The molecule has 0 amide bonds. The molecule has 2 aromatic carbocycles. The van der Waals surface area contributed by atoms with Crippen LogP contribution in [-0.4, -0.2) is 19.6 Å². The summed E-state index contributed by atoms with van der Waals surface area (Å²) >= 11 is 0. The zero-order chi connectivity index (χ0) is 54.5. The van der Waals surface area contributed by atoms with Crippen molar-refractivity contribution in [2.45, 2.75) is 355 Å². The van der Waals surface area contributed by atoms with Crippen LogP contribution in [0, 0.1) is 0 Å². The van der Waals surface area contributed by atoms with Crippen molar-refractivity contribution in [1.29, 1.82) is 0 Å². The van der Waals surface area contributed by atoms with E-state index in [9.17, 15) is 19.6 Å². The molecule has 0 aliphatic heterocycles. The lowest BCUT2D eigenvalue weighted by Gasteiger charge is -2.34. The molecule has 0 saturated carbocycles. The second kappa shape index (κ2) is 47.5. The number of hydrogen-bond donors (Lipinski definition) is 4. The zero-order valence-corrected chi connectivity index (χ0v) is 52.0. The highest BCUT2D eigenvalue weighted by Gasteiger charge is 2.32. The highest BCUT2D eigenvalue weighted by Crippen LogP contribution is 2.46. The number of benzene rings is 2. The topological polar surface area (TPSA) is 99.4 Å². The lowest BCUT2D eigenvalue weighted by molar-refractivity contribution is 0.371. The predicted octanol–water partition coefficient (Wildman–Crippen LogP) is 22.6. The van der Waals surface area contributed by atoms with Gasteiger partial charge < -0.3 is 28.6 Å². The summed E-state index contributed by atoms with van der Waals surface area (Å²) in [4.78, 5) is 41.4. The number of rotatable bonds is 54. The van der Waals surface area contributed by atoms with E-state index in [1.165, 1.54) is 290 Å². The van der Waals surface area contributed by atoms with Gasteiger partial charge in [0.15, 0.2) is 0 Å². The van der Waals surface area contributed by atoms with Crippen LogP contribution in [0.2, 0.25) is 0 Å². The maximum Gasteiger partial charge on any atom is 0.391 e. The van der Waals surface area contributed by atoms with Crippen molar-refractivity contribution in [1.82, 2.24) is 0 Å². The van der Waals surface area contributed by atoms with Crippen molar-refractivity contribution >= 4 is 17.2 Å². The fraction of sp³-hybridized carbons (Fsp3) is 0.821. The van der Waals surface area contributed by atoms with Gasteiger partial charge in [-0.1, -0.05) is 311 Å². The summed E-state index contributed by atoms with van der Waals surface area (Å²) in [6, 6.07) is 8.56. The zero-order valence-electron chi connectivity index (χ0n) is 50.3. The molecule has 2 aromatic rings. The molecule has 6 nitrogen and oxygen atoms in total. The van der Waals surface area contributed by atoms with Crippen LogP contribution in [0.3, 0.4) is 0 Å². The Morgan fingerprint density at radius 1 is 0.280 bits per heavy atom. The molecular weight excluding hydrogens is 963 g/mol. The van der Waals surface area contributed by atoms with E-state index in [2.05, 4.69) is 53.7 Å². The van der Waals surface area contributed by atoms with Crippen molar-refractivity contribution in [2.75, 3.05) is 0 Å². The standard InChI is InChI=1S/C67H122O6P2/c1-7-11-15-19-23-27-31-35-39-43-47-51-59-61(53-49-45-41-37-33-29-25-21-17-13-9-3)65(72-74(68)69)57-55-63(59)67(5,6)64-56-58-66(73-75(70)71)62(54-50-46-42-38-34-30-26-22-18-14-10-4)60(64)52-48-44-40-36-32-28-24-20-16-12-8-2/h55-58,68-71H,7-54H2,1-6H3. The van der Waals surface area contributed by atoms with E-state index in [0.717, 1.165) is 51.4 Å². The summed E-state index contributed by atoms with van der Waals surface area (Å²) in [5.74, 6) is 1.27. The van der Waals surface area contributed by atoms with Gasteiger partial charge in [0.1, 0.15) is 11.5 Å². The molecule has 0 unspecified atom stereocenters. The Balaban J connectivity index is 2.51. The van der Waals surface area contributed by atoms with Gasteiger partial charge in [0.2, 0.25) is 0 Å². The Hall–Kier alpha value is -1.26. The van der Waals surface area contributed by atoms with Crippen molar-refractivity contribution in [3.05, 3.63) is 57.6 Å². The molecule has 0 aromatic heterocycles. The molecule has 0 spiro atoms. The molecule has 8 heteroatoms. The summed E-state index contributed by atoms with van der Waals surface area (Å²) in [5, 5.41) is 0. The van der Waals surface area contributed by atoms with Crippen LogP contribution in [0.1, 0.15) is 357 Å². The van der Waals surface area contributed by atoms with E-state index in [1.807, 2.05) is 12.1 Å². The molecule has 75 heavy (non-hydrogen) atoms. The van der Waals surface area contributed by atoms with Crippen molar-refractivity contribution < 1.29 is 28.6 Å². The molecule has 0 aliphatic carbocycles. The van der Waals surface area contributed by atoms with Crippen LogP contribution in [0.25, 0.3) is 0 Å². The van der Waals surface area contributed by atoms with Crippen LogP contribution in [0.5, 0.6) is 11.5 Å². The van der Waals surface area contributed by atoms with Crippen molar-refractivity contribution in [2.24, 2.45) is 0 Å². The molecule has 2 rings (SSSR count). The minimum Gasteiger partial charge on any atom is -0.427 e. The quantitative estimate of drug-likeness (QED) is 0.0389. The van der Waals surface area contributed by atoms with E-state index in [4.69, 9.17) is 9.05 Å². The van der Waals surface area contributed by atoms with Gasteiger partial charge in [0.05, 0.1) is 0 Å². The maximum atomic E-state index is 10.4. The average Bonchev–Trinajstić information content (AvgIpc) is 3.38. The molecule has 0 fully saturated rings. The SMILES string of the molecule is CCCCCCCCCCCCCc1c(OP(O)O)ccc(C(C)(C)c2ccc(OP(O)O)c(CCCCCCCCCCCCC)c2CCCCCCCCCCCCC)c1CCCCCCCCCCCCC. The Morgan fingerprint density at radius 3 is 0.667 bits per heavy atom. The van der Waals surface area contributed by atoms with Gasteiger partial charge in [-0.25, -0.2) is 0 Å². The fourth-order valence-corrected chi connectivity index (χ4v) is 12.7. The summed E-state index contributed by atoms with van der Waals surface area (Å²) in [5.41, 5.74) is 7.22. The lowest BCUT2D eigenvalue weighted by Crippen LogP contribution is -2.25. The summed E-state index contributed by atoms with van der Waals surface area (Å²) in [7, 11) is -5.12. The normalized spacial score (nSPS) is 12.0. The summed E-state index contributed by atoms with van der Waals surface area (Å²) < 4.78 is 11.9. The van der Waals surface area contributed by atoms with Gasteiger partial charge >= 0.3 is 17.2 Å². The molecule has 436 valence electrons. The first-order valence-electron chi connectivity index (χ1n) is 32.6. The van der Waals surface area contributed by atoms with E-state index in [1.54, 1.807) is 0 Å². The highest BCUT2D eigenvalue weighted by atomic mass is 31.2. The van der Waals surface area contributed by atoms with Crippen LogP contribution < -0.4 is 9.05 Å². The van der Waals surface area contributed by atoms with Gasteiger partial charge in [-0.05, 0) is 96.9 Å². The second-order valence-electron chi connectivity index (χ2n) is 23.6. The first-order chi connectivity index (χ1) is 36.6. The molecule has 0 aliphatic rings. The van der Waals surface area contributed by atoms with E-state index in [0.29, 0.717) is 11.5 Å². The number of unbranched alkanes of at least 4 members (excludes halogenated alkanes) is 40. The molecular formula is C67H122O6P2. The van der Waals surface area contributed by atoms with Gasteiger partial charge in [-0.15, -0.1) is 0 Å². The Bertz CT molecular complexity index is 1500. The minimum absolute atomic E-state index is 0.388. The van der Waals surface area contributed by atoms with Crippen molar-refractivity contribution in [3.8, 4) is 11.5 Å². The molecule has 0 heterocycles. The van der Waals surface area contributed by atoms with Crippen LogP contribution in [-0.2, 0) is 31.1 Å². The molecule has 0 atom stereocenters. The first-order valence-corrected chi connectivity index (χ1v) is 35.0. The fourth-order valence-electron chi connectivity index (χ4n) is 12.0. The number of hydrogen-bond acceptors (Lipinski definition) is 6. The van der Waals surface area contributed by atoms with E-state index in [-0.39, 0.29) is 5.41 Å². The predicted molar refractivity (Wildman–Crippen MR) is 330 cm³/mol. The lowest BCUT2D eigenvalue weighted by atomic mass is 9.70. The van der Waals surface area contributed by atoms with Gasteiger partial charge in [0.25, 0.3) is 0 Å². The Labute approximate surface area is 467 Å². The third-order valence-electron chi connectivity index (χ3n) is 16.6. The molecule has 0 radical (unpaired) electrons. The summed E-state index contributed by atoms with van der Waals surface area (Å²) in [6.07, 6.45) is 60.5. The first kappa shape index (κ1) is 69.8. The Morgan fingerprint density at radius 2 is 0.467 bits per heavy atom. The smallest absolute Gasteiger partial charge is 0.391 e. The van der Waals surface area contributed by atoms with Crippen molar-refractivity contribution in [3.63, 3.8) is 0 Å². The third-order valence-corrected chi connectivity index (χ3v) is 17.3. The molecule has 0 bridgehead atoms. The third kappa shape index (κ3) is 33.2. The van der Waals surface area contributed by atoms with Gasteiger partial charge in [-0.3, -0.25) is 0 Å². The monoisotopic (exact) mass is 1080 g/mol. The second-order valence-corrected chi connectivity index (χ2v) is 25.0. The highest BCUT2D eigenvalue weighted by molar-refractivity contribution is 7.40. The van der Waals surface area contributed by atoms with E-state index < -0.39 is 17.2 Å². The van der Waals surface area contributed by atoms with Gasteiger partial charge in [0, 0.05) is 5.41 Å². The minimum atomic E-state index is -2.56. The Kier molecular flexibility index (Phi) is 44.3. The van der Waals surface area contributed by atoms with E-state index >= 15 is 0 Å². The van der Waals surface area contributed by atoms with Gasteiger partial charge in [-0.2, -0.15) is 0 Å². The summed E-state index contributed by atoms with van der Waals surface area (Å²) in [6.45, 7) is 14.0. The average molecular weight is 1090 g/mol. The molecule has 0 saturated heterocycles. The van der Waals surface area contributed by atoms with Crippen LogP contribution in [0.4, 0.5) is 0 Å².